The minimum Gasteiger partial charge on any atom is -0.497 e. The van der Waals surface area contributed by atoms with Crippen molar-refractivity contribution in [3.8, 4) is 5.75 Å². The SMILES string of the molecule is COc1ccc2c(CC(=O)N[C@@H]3C[C@@H](O)C34CCOCC4)coc2c1. The van der Waals surface area contributed by atoms with Crippen molar-refractivity contribution < 1.29 is 23.8 Å². The fraction of sp³-hybridized carbons (Fsp3) is 0.526. The highest BCUT2D eigenvalue weighted by Gasteiger charge is 2.55. The molecule has 2 atom stereocenters. The van der Waals surface area contributed by atoms with Crippen molar-refractivity contribution in [3.63, 3.8) is 0 Å². The summed E-state index contributed by atoms with van der Waals surface area (Å²) < 4.78 is 16.1. The molecule has 6 nitrogen and oxygen atoms in total. The zero-order chi connectivity index (χ0) is 17.4. The number of carbonyl (C=O) groups excluding carboxylic acids is 1. The van der Waals surface area contributed by atoms with E-state index in [2.05, 4.69) is 5.32 Å². The highest BCUT2D eigenvalue weighted by atomic mass is 16.5. The van der Waals surface area contributed by atoms with Crippen molar-refractivity contribution in [3.05, 3.63) is 30.0 Å². The molecule has 1 aliphatic heterocycles. The Labute approximate surface area is 146 Å². The number of aliphatic hydroxyl groups is 1. The smallest absolute Gasteiger partial charge is 0.224 e. The van der Waals surface area contributed by atoms with Crippen LogP contribution in [0.3, 0.4) is 0 Å². The third-order valence-corrected chi connectivity index (χ3v) is 5.79. The van der Waals surface area contributed by atoms with E-state index in [0.717, 1.165) is 29.5 Å². The Bertz CT molecular complexity index is 777. The van der Waals surface area contributed by atoms with Crippen LogP contribution in [-0.4, -0.2) is 43.5 Å². The van der Waals surface area contributed by atoms with Gasteiger partial charge in [0.2, 0.25) is 5.91 Å². The van der Waals surface area contributed by atoms with Crippen LogP contribution in [0.25, 0.3) is 11.0 Å². The molecule has 1 spiro atoms. The predicted molar refractivity (Wildman–Crippen MR) is 91.5 cm³/mol. The zero-order valence-corrected chi connectivity index (χ0v) is 14.3. The van der Waals surface area contributed by atoms with Crippen LogP contribution in [0, 0.1) is 5.41 Å². The number of fused-ring (bicyclic) bond motifs is 1. The number of furan rings is 1. The minimum atomic E-state index is -0.344. The van der Waals surface area contributed by atoms with Crippen LogP contribution in [0.5, 0.6) is 5.75 Å². The maximum atomic E-state index is 12.5. The predicted octanol–water partition coefficient (Wildman–Crippen LogP) is 2.03. The van der Waals surface area contributed by atoms with Gasteiger partial charge in [-0.15, -0.1) is 0 Å². The number of amides is 1. The van der Waals surface area contributed by atoms with Crippen molar-refractivity contribution in [2.24, 2.45) is 5.41 Å². The first-order valence-electron chi connectivity index (χ1n) is 8.72. The molecule has 2 N–H and O–H groups in total. The lowest BCUT2D eigenvalue weighted by Crippen LogP contribution is -2.65. The fourth-order valence-corrected chi connectivity index (χ4v) is 4.15. The first-order chi connectivity index (χ1) is 12.1. The molecule has 1 aromatic heterocycles. The first kappa shape index (κ1) is 16.4. The Balaban J connectivity index is 1.44. The second-order valence-corrected chi connectivity index (χ2v) is 7.02. The summed E-state index contributed by atoms with van der Waals surface area (Å²) in [4.78, 5) is 12.5. The van der Waals surface area contributed by atoms with Crippen molar-refractivity contribution in [1.29, 1.82) is 0 Å². The van der Waals surface area contributed by atoms with Gasteiger partial charge in [-0.3, -0.25) is 4.79 Å². The minimum absolute atomic E-state index is 0.0251. The zero-order valence-electron chi connectivity index (χ0n) is 14.3. The van der Waals surface area contributed by atoms with Gasteiger partial charge in [-0.25, -0.2) is 0 Å². The summed E-state index contributed by atoms with van der Waals surface area (Å²) in [5.74, 6) is 0.684. The number of benzene rings is 1. The van der Waals surface area contributed by atoms with Gasteiger partial charge in [-0.2, -0.15) is 0 Å². The second-order valence-electron chi connectivity index (χ2n) is 7.02. The second kappa shape index (κ2) is 6.35. The molecule has 0 radical (unpaired) electrons. The largest absolute Gasteiger partial charge is 0.497 e. The van der Waals surface area contributed by atoms with E-state index in [0.29, 0.717) is 25.2 Å². The summed E-state index contributed by atoms with van der Waals surface area (Å²) in [5, 5.41) is 14.3. The van der Waals surface area contributed by atoms with Gasteiger partial charge in [-0.05, 0) is 31.4 Å². The number of ether oxygens (including phenoxy) is 2. The van der Waals surface area contributed by atoms with Crippen molar-refractivity contribution >= 4 is 16.9 Å². The van der Waals surface area contributed by atoms with Gasteiger partial charge < -0.3 is 24.3 Å². The number of methoxy groups -OCH3 is 1. The summed E-state index contributed by atoms with van der Waals surface area (Å²) in [7, 11) is 1.61. The van der Waals surface area contributed by atoms with E-state index in [-0.39, 0.29) is 29.9 Å². The molecule has 134 valence electrons. The highest BCUT2D eigenvalue weighted by molar-refractivity contribution is 5.88. The summed E-state index contributed by atoms with van der Waals surface area (Å²) >= 11 is 0. The maximum absolute atomic E-state index is 12.5. The van der Waals surface area contributed by atoms with Gasteiger partial charge in [0.15, 0.2) is 0 Å². The van der Waals surface area contributed by atoms with Crippen molar-refractivity contribution in [2.75, 3.05) is 20.3 Å². The number of aliphatic hydroxyl groups excluding tert-OH is 1. The Morgan fingerprint density at radius 2 is 2.20 bits per heavy atom. The molecule has 2 aliphatic rings. The van der Waals surface area contributed by atoms with Crippen LogP contribution in [0.15, 0.2) is 28.9 Å². The van der Waals surface area contributed by atoms with Crippen LogP contribution >= 0.6 is 0 Å². The number of hydrogen-bond acceptors (Lipinski definition) is 5. The molecule has 4 rings (SSSR count). The highest BCUT2D eigenvalue weighted by Crippen LogP contribution is 2.48. The molecule has 0 bridgehead atoms. The molecular formula is C19H23NO5. The molecule has 1 saturated carbocycles. The normalized spacial score (nSPS) is 24.9. The lowest BCUT2D eigenvalue weighted by Gasteiger charge is -2.55. The Morgan fingerprint density at radius 1 is 1.40 bits per heavy atom. The van der Waals surface area contributed by atoms with Crippen LogP contribution in [0.2, 0.25) is 0 Å². The van der Waals surface area contributed by atoms with E-state index < -0.39 is 0 Å². The average molecular weight is 345 g/mol. The van der Waals surface area contributed by atoms with E-state index >= 15 is 0 Å². The lowest BCUT2D eigenvalue weighted by molar-refractivity contribution is -0.155. The van der Waals surface area contributed by atoms with Gasteiger partial charge in [-0.1, -0.05) is 0 Å². The molecule has 1 amide bonds. The third-order valence-electron chi connectivity index (χ3n) is 5.79. The molecule has 0 unspecified atom stereocenters. The summed E-state index contributed by atoms with van der Waals surface area (Å²) in [6.07, 6.45) is 3.77. The van der Waals surface area contributed by atoms with Crippen LogP contribution in [-0.2, 0) is 16.0 Å². The van der Waals surface area contributed by atoms with E-state index in [1.807, 2.05) is 18.2 Å². The molecule has 2 heterocycles. The molecule has 25 heavy (non-hydrogen) atoms. The maximum Gasteiger partial charge on any atom is 0.224 e. The molecular weight excluding hydrogens is 322 g/mol. The van der Waals surface area contributed by atoms with Crippen molar-refractivity contribution in [1.82, 2.24) is 5.32 Å². The van der Waals surface area contributed by atoms with E-state index in [4.69, 9.17) is 13.9 Å². The van der Waals surface area contributed by atoms with E-state index in [1.165, 1.54) is 0 Å². The number of nitrogens with one attached hydrogen (secondary N) is 1. The van der Waals surface area contributed by atoms with Crippen LogP contribution in [0.4, 0.5) is 0 Å². The van der Waals surface area contributed by atoms with Gasteiger partial charge in [0.25, 0.3) is 0 Å². The van der Waals surface area contributed by atoms with Gasteiger partial charge >= 0.3 is 0 Å². The number of hydrogen-bond donors (Lipinski definition) is 2. The molecule has 6 heteroatoms. The number of carbonyl (C=O) groups is 1. The topological polar surface area (TPSA) is 80.9 Å². The fourth-order valence-electron chi connectivity index (χ4n) is 4.15. The number of rotatable bonds is 4. The van der Waals surface area contributed by atoms with Crippen LogP contribution < -0.4 is 10.1 Å². The van der Waals surface area contributed by atoms with E-state index in [1.54, 1.807) is 13.4 Å². The Morgan fingerprint density at radius 3 is 2.92 bits per heavy atom. The Kier molecular flexibility index (Phi) is 4.17. The van der Waals surface area contributed by atoms with Gasteiger partial charge in [0.05, 0.1) is 25.9 Å². The van der Waals surface area contributed by atoms with Crippen molar-refractivity contribution in [2.45, 2.75) is 37.8 Å². The third kappa shape index (κ3) is 2.79. The lowest BCUT2D eigenvalue weighted by atomic mass is 9.58. The molecule has 2 aromatic rings. The monoisotopic (exact) mass is 345 g/mol. The van der Waals surface area contributed by atoms with Crippen LogP contribution in [0.1, 0.15) is 24.8 Å². The Hall–Kier alpha value is -2.05. The quantitative estimate of drug-likeness (QED) is 0.886. The standard InChI is InChI=1S/C19H23NO5/c1-23-13-2-3-14-12(11-25-15(14)9-13)8-18(22)20-16-10-17(21)19(16)4-6-24-7-5-19/h2-3,9,11,16-17,21H,4-8,10H2,1H3,(H,20,22)/t16-,17-/m1/s1. The average Bonchev–Trinajstić information content (AvgIpc) is 3.04. The van der Waals surface area contributed by atoms with E-state index in [9.17, 15) is 9.90 Å². The molecule has 1 saturated heterocycles. The first-order valence-corrected chi connectivity index (χ1v) is 8.72. The summed E-state index contributed by atoms with van der Waals surface area (Å²) in [5.41, 5.74) is 1.36. The summed E-state index contributed by atoms with van der Waals surface area (Å²) in [6, 6.07) is 5.61. The summed E-state index contributed by atoms with van der Waals surface area (Å²) in [6.45, 7) is 1.30. The van der Waals surface area contributed by atoms with Gasteiger partial charge in [0, 0.05) is 41.7 Å². The molecule has 2 fully saturated rings. The van der Waals surface area contributed by atoms with Gasteiger partial charge in [0.1, 0.15) is 11.3 Å². The molecule has 1 aliphatic carbocycles. The molecule has 1 aromatic carbocycles.